The molecule has 0 radical (unpaired) electrons. The molecule has 0 unspecified atom stereocenters. The summed E-state index contributed by atoms with van der Waals surface area (Å²) in [6, 6.07) is 10.5. The predicted molar refractivity (Wildman–Crippen MR) is 99.2 cm³/mol. The van der Waals surface area contributed by atoms with Crippen molar-refractivity contribution in [3.8, 4) is 11.3 Å². The van der Waals surface area contributed by atoms with Crippen LogP contribution < -0.4 is 0 Å². The maximum Gasteiger partial charge on any atom is 0.0695 e. The Bertz CT molecular complexity index is 804. The van der Waals surface area contributed by atoms with Crippen LogP contribution in [0.15, 0.2) is 42.7 Å². The smallest absolute Gasteiger partial charge is 0.0695 e. The van der Waals surface area contributed by atoms with Crippen molar-refractivity contribution in [3.63, 3.8) is 0 Å². The second-order valence-electron chi connectivity index (χ2n) is 6.87. The zero-order valence-electron chi connectivity index (χ0n) is 14.7. The summed E-state index contributed by atoms with van der Waals surface area (Å²) in [7, 11) is 0. The molecule has 1 aliphatic rings. The fourth-order valence-corrected chi connectivity index (χ4v) is 3.92. The molecule has 1 fully saturated rings. The van der Waals surface area contributed by atoms with Gasteiger partial charge in [-0.05, 0) is 36.9 Å². The monoisotopic (exact) mass is 335 g/mol. The molecule has 2 aromatic heterocycles. The minimum absolute atomic E-state index is 0.554. The molecule has 0 saturated carbocycles. The first-order chi connectivity index (χ1) is 12.3. The van der Waals surface area contributed by atoms with Crippen molar-refractivity contribution < 1.29 is 0 Å². The van der Waals surface area contributed by atoms with E-state index in [1.54, 1.807) is 0 Å². The summed E-state index contributed by atoms with van der Waals surface area (Å²) in [6.45, 7) is 5.36. The lowest BCUT2D eigenvalue weighted by atomic mass is 9.91. The molecule has 25 heavy (non-hydrogen) atoms. The van der Waals surface area contributed by atoms with Gasteiger partial charge >= 0.3 is 0 Å². The van der Waals surface area contributed by atoms with Crippen LogP contribution in [0.4, 0.5) is 0 Å². The van der Waals surface area contributed by atoms with E-state index < -0.39 is 0 Å². The Morgan fingerprint density at radius 2 is 1.88 bits per heavy atom. The van der Waals surface area contributed by atoms with E-state index >= 15 is 0 Å². The number of H-pyrrole nitrogens is 2. The van der Waals surface area contributed by atoms with Gasteiger partial charge in [0.2, 0.25) is 0 Å². The van der Waals surface area contributed by atoms with Gasteiger partial charge in [0.05, 0.1) is 18.1 Å². The first-order valence-electron chi connectivity index (χ1n) is 9.17. The molecule has 1 aliphatic heterocycles. The van der Waals surface area contributed by atoms with Crippen molar-refractivity contribution in [1.29, 1.82) is 0 Å². The number of aryl methyl sites for hydroxylation is 1. The molecule has 0 aliphatic carbocycles. The highest BCUT2D eigenvalue weighted by atomic mass is 15.2. The molecule has 1 aromatic carbocycles. The van der Waals surface area contributed by atoms with Gasteiger partial charge in [-0.3, -0.25) is 15.1 Å². The van der Waals surface area contributed by atoms with Gasteiger partial charge in [0.15, 0.2) is 0 Å². The average molecular weight is 335 g/mol. The molecule has 0 spiro atoms. The molecule has 0 bridgehead atoms. The van der Waals surface area contributed by atoms with E-state index in [1.807, 2.05) is 18.5 Å². The minimum Gasteiger partial charge on any atom is -0.298 e. The fraction of sp³-hybridized carbons (Fsp3) is 0.400. The van der Waals surface area contributed by atoms with Gasteiger partial charge < -0.3 is 0 Å². The third-order valence-electron chi connectivity index (χ3n) is 5.22. The molecule has 1 atom stereocenters. The third-order valence-corrected chi connectivity index (χ3v) is 5.22. The number of hydrogen-bond donors (Lipinski definition) is 2. The van der Waals surface area contributed by atoms with Crippen LogP contribution in [0.1, 0.15) is 42.5 Å². The van der Waals surface area contributed by atoms with Crippen LogP contribution in [0, 0.1) is 0 Å². The minimum atomic E-state index is 0.554. The maximum atomic E-state index is 4.29. The van der Waals surface area contributed by atoms with Gasteiger partial charge in [-0.1, -0.05) is 37.3 Å². The third kappa shape index (κ3) is 3.37. The van der Waals surface area contributed by atoms with Crippen LogP contribution in [0.5, 0.6) is 0 Å². The van der Waals surface area contributed by atoms with E-state index in [-0.39, 0.29) is 0 Å². The van der Waals surface area contributed by atoms with Gasteiger partial charge in [0.1, 0.15) is 0 Å². The van der Waals surface area contributed by atoms with Crippen molar-refractivity contribution in [2.75, 3.05) is 13.1 Å². The van der Waals surface area contributed by atoms with Crippen molar-refractivity contribution in [2.24, 2.45) is 0 Å². The highest BCUT2D eigenvalue weighted by Crippen LogP contribution is 2.30. The molecular weight excluding hydrogens is 310 g/mol. The lowest BCUT2D eigenvalue weighted by Gasteiger charge is -2.32. The Labute approximate surface area is 148 Å². The normalized spacial score (nSPS) is 18.5. The first kappa shape index (κ1) is 16.1. The predicted octanol–water partition coefficient (Wildman–Crippen LogP) is 3.74. The lowest BCUT2D eigenvalue weighted by Crippen LogP contribution is -2.34. The van der Waals surface area contributed by atoms with Crippen molar-refractivity contribution in [3.05, 3.63) is 59.5 Å². The van der Waals surface area contributed by atoms with Gasteiger partial charge in [-0.2, -0.15) is 10.2 Å². The molecule has 3 heterocycles. The van der Waals surface area contributed by atoms with Gasteiger partial charge in [-0.15, -0.1) is 0 Å². The summed E-state index contributed by atoms with van der Waals surface area (Å²) in [6.07, 6.45) is 7.47. The van der Waals surface area contributed by atoms with Crippen LogP contribution in [0.2, 0.25) is 0 Å². The van der Waals surface area contributed by atoms with E-state index in [4.69, 9.17) is 0 Å². The molecule has 1 saturated heterocycles. The first-order valence-corrected chi connectivity index (χ1v) is 9.17. The summed E-state index contributed by atoms with van der Waals surface area (Å²) in [5, 5.41) is 15.0. The Morgan fingerprint density at radius 3 is 2.72 bits per heavy atom. The number of rotatable bonds is 5. The summed E-state index contributed by atoms with van der Waals surface area (Å²) in [4.78, 5) is 2.55. The molecule has 2 N–H and O–H groups in total. The number of nitrogens with zero attached hydrogens (tertiary/aromatic N) is 3. The summed E-state index contributed by atoms with van der Waals surface area (Å²) >= 11 is 0. The lowest BCUT2D eigenvalue weighted by molar-refractivity contribution is 0.198. The second kappa shape index (κ2) is 7.23. The number of likely N-dealkylation sites (tertiary alicyclic amines) is 1. The number of aromatic nitrogens is 4. The van der Waals surface area contributed by atoms with Gasteiger partial charge in [-0.25, -0.2) is 0 Å². The number of nitrogens with one attached hydrogen (secondary N) is 2. The Hall–Kier alpha value is -2.40. The summed E-state index contributed by atoms with van der Waals surface area (Å²) < 4.78 is 0. The Balaban J connectivity index is 1.50. The van der Waals surface area contributed by atoms with Crippen LogP contribution in [-0.2, 0) is 13.0 Å². The molecule has 0 amide bonds. The number of aromatic amines is 2. The Morgan fingerprint density at radius 1 is 1.08 bits per heavy atom. The highest BCUT2D eigenvalue weighted by molar-refractivity contribution is 5.62. The molecule has 4 rings (SSSR count). The van der Waals surface area contributed by atoms with E-state index in [2.05, 4.69) is 56.5 Å². The van der Waals surface area contributed by atoms with Crippen LogP contribution >= 0.6 is 0 Å². The summed E-state index contributed by atoms with van der Waals surface area (Å²) in [5.74, 6) is 0.554. The molecule has 3 aromatic rings. The quantitative estimate of drug-likeness (QED) is 0.746. The molecular formula is C20H25N5. The number of piperidine rings is 1. The zero-order valence-corrected chi connectivity index (χ0v) is 14.7. The van der Waals surface area contributed by atoms with Gasteiger partial charge in [0.25, 0.3) is 0 Å². The largest absolute Gasteiger partial charge is 0.298 e. The molecule has 130 valence electrons. The molecule has 5 heteroatoms. The standard InChI is InChI=1S/C20H25N5/c1-2-15-11-21-23-19(15)17-9-6-10-25(13-17)14-18-12-22-24-20(18)16-7-4-3-5-8-16/h3-5,7-8,11-12,17H,2,6,9-10,13-14H2,1H3,(H,21,23)(H,22,24)/t17-/m0/s1. The maximum absolute atomic E-state index is 4.29. The second-order valence-corrected chi connectivity index (χ2v) is 6.87. The van der Waals surface area contributed by atoms with E-state index in [0.29, 0.717) is 5.92 Å². The van der Waals surface area contributed by atoms with Crippen molar-refractivity contribution in [1.82, 2.24) is 25.3 Å². The number of benzene rings is 1. The van der Waals surface area contributed by atoms with E-state index in [9.17, 15) is 0 Å². The van der Waals surface area contributed by atoms with Crippen LogP contribution in [-0.4, -0.2) is 38.4 Å². The fourth-order valence-electron chi connectivity index (χ4n) is 3.92. The summed E-state index contributed by atoms with van der Waals surface area (Å²) in [5.41, 5.74) is 6.30. The highest BCUT2D eigenvalue weighted by Gasteiger charge is 2.25. The van der Waals surface area contributed by atoms with E-state index in [0.717, 1.165) is 31.7 Å². The Kier molecular flexibility index (Phi) is 4.65. The SMILES string of the molecule is CCc1cn[nH]c1[C@H]1CCCN(Cc2cn[nH]c2-c2ccccc2)C1. The van der Waals surface area contributed by atoms with Crippen LogP contribution in [0.25, 0.3) is 11.3 Å². The average Bonchev–Trinajstić information content (AvgIpc) is 3.32. The van der Waals surface area contributed by atoms with E-state index in [1.165, 1.54) is 35.2 Å². The van der Waals surface area contributed by atoms with Crippen molar-refractivity contribution >= 4 is 0 Å². The topological polar surface area (TPSA) is 60.6 Å². The molecule has 5 nitrogen and oxygen atoms in total. The van der Waals surface area contributed by atoms with Crippen molar-refractivity contribution in [2.45, 2.75) is 38.6 Å². The van der Waals surface area contributed by atoms with Crippen LogP contribution in [0.3, 0.4) is 0 Å². The zero-order chi connectivity index (χ0) is 17.1. The number of hydrogen-bond acceptors (Lipinski definition) is 3. The van der Waals surface area contributed by atoms with Gasteiger partial charge in [0, 0.05) is 30.3 Å².